The molecule has 0 saturated heterocycles. The summed E-state index contributed by atoms with van der Waals surface area (Å²) in [6.07, 6.45) is 4.33. The molecular weight excluding hydrogens is 204 g/mol. The van der Waals surface area contributed by atoms with Crippen LogP contribution in [0.3, 0.4) is 0 Å². The van der Waals surface area contributed by atoms with Gasteiger partial charge in [0.25, 0.3) is 0 Å². The quantitative estimate of drug-likeness (QED) is 0.791. The van der Waals surface area contributed by atoms with Crippen LogP contribution in [-0.2, 0) is 6.54 Å². The largest absolute Gasteiger partial charge is 0.396 e. The molecule has 0 amide bonds. The van der Waals surface area contributed by atoms with Crippen LogP contribution >= 0.6 is 0 Å². The summed E-state index contributed by atoms with van der Waals surface area (Å²) in [4.78, 5) is 15.2. The highest BCUT2D eigenvalue weighted by molar-refractivity contribution is 5.95. The van der Waals surface area contributed by atoms with Gasteiger partial charge in [0.05, 0.1) is 0 Å². The number of aliphatic hydroxyl groups excluding tert-OH is 1. The third kappa shape index (κ3) is 1.84. The van der Waals surface area contributed by atoms with Gasteiger partial charge in [-0.25, -0.2) is 4.98 Å². The van der Waals surface area contributed by atoms with Crippen molar-refractivity contribution in [1.29, 1.82) is 0 Å². The molecule has 1 N–H and O–H groups in total. The van der Waals surface area contributed by atoms with Crippen molar-refractivity contribution >= 4 is 17.3 Å². The van der Waals surface area contributed by atoms with Gasteiger partial charge >= 0.3 is 0 Å². The van der Waals surface area contributed by atoms with Gasteiger partial charge in [0, 0.05) is 36.5 Å². The lowest BCUT2D eigenvalue weighted by atomic mass is 10.2. The summed E-state index contributed by atoms with van der Waals surface area (Å²) in [6, 6.07) is 3.70. The monoisotopic (exact) mass is 218 g/mol. The molecule has 0 aromatic carbocycles. The Bertz CT molecular complexity index is 505. The molecule has 0 aliphatic carbocycles. The smallest absolute Gasteiger partial charge is 0.152 e. The number of carbonyl (C=O) groups excluding carboxylic acids is 1. The van der Waals surface area contributed by atoms with Crippen LogP contribution in [0, 0.1) is 5.92 Å². The SMILES string of the molecule is CC(CO)Cn1cc(C=O)c2cccnc21. The van der Waals surface area contributed by atoms with E-state index in [-0.39, 0.29) is 12.5 Å². The average Bonchev–Trinajstić information content (AvgIpc) is 2.68. The molecule has 1 unspecified atom stereocenters. The van der Waals surface area contributed by atoms with Crippen LogP contribution in [0.2, 0.25) is 0 Å². The summed E-state index contributed by atoms with van der Waals surface area (Å²) in [7, 11) is 0. The summed E-state index contributed by atoms with van der Waals surface area (Å²) in [6.45, 7) is 2.75. The van der Waals surface area contributed by atoms with Crippen molar-refractivity contribution < 1.29 is 9.90 Å². The van der Waals surface area contributed by atoms with Crippen molar-refractivity contribution in [1.82, 2.24) is 9.55 Å². The molecule has 0 bridgehead atoms. The van der Waals surface area contributed by atoms with Gasteiger partial charge in [0.15, 0.2) is 6.29 Å². The maximum atomic E-state index is 10.9. The number of nitrogens with zero attached hydrogens (tertiary/aromatic N) is 2. The molecule has 2 aromatic rings. The zero-order valence-corrected chi connectivity index (χ0v) is 9.13. The van der Waals surface area contributed by atoms with Gasteiger partial charge in [0.2, 0.25) is 0 Å². The first-order valence-corrected chi connectivity index (χ1v) is 5.26. The first-order valence-electron chi connectivity index (χ1n) is 5.26. The van der Waals surface area contributed by atoms with Gasteiger partial charge in [0.1, 0.15) is 5.65 Å². The molecule has 2 heterocycles. The number of carbonyl (C=O) groups is 1. The van der Waals surface area contributed by atoms with Crippen molar-refractivity contribution in [2.24, 2.45) is 5.92 Å². The number of hydrogen-bond acceptors (Lipinski definition) is 3. The molecule has 4 nitrogen and oxygen atoms in total. The zero-order chi connectivity index (χ0) is 11.5. The normalized spacial score (nSPS) is 12.9. The van der Waals surface area contributed by atoms with E-state index < -0.39 is 0 Å². The topological polar surface area (TPSA) is 55.1 Å². The Hall–Kier alpha value is -1.68. The number of hydrogen-bond donors (Lipinski definition) is 1. The first-order chi connectivity index (χ1) is 7.76. The summed E-state index contributed by atoms with van der Waals surface area (Å²) < 4.78 is 1.92. The second-order valence-corrected chi connectivity index (χ2v) is 4.02. The van der Waals surface area contributed by atoms with Gasteiger partial charge in [-0.3, -0.25) is 4.79 Å². The van der Waals surface area contributed by atoms with Crippen LogP contribution in [0.25, 0.3) is 11.0 Å². The molecule has 2 aromatic heterocycles. The average molecular weight is 218 g/mol. The van der Waals surface area contributed by atoms with Crippen LogP contribution in [-0.4, -0.2) is 27.6 Å². The first kappa shape index (κ1) is 10.8. The molecule has 0 aliphatic rings. The molecule has 2 rings (SSSR count). The Morgan fingerprint density at radius 2 is 2.44 bits per heavy atom. The maximum Gasteiger partial charge on any atom is 0.152 e. The minimum Gasteiger partial charge on any atom is -0.396 e. The van der Waals surface area contributed by atoms with Crippen LogP contribution in [0.15, 0.2) is 24.5 Å². The lowest BCUT2D eigenvalue weighted by Crippen LogP contribution is -2.10. The number of aliphatic hydroxyl groups is 1. The van der Waals surface area contributed by atoms with Crippen molar-refractivity contribution in [3.8, 4) is 0 Å². The minimum absolute atomic E-state index is 0.128. The number of rotatable bonds is 4. The summed E-state index contributed by atoms with van der Waals surface area (Å²) in [5, 5.41) is 9.89. The number of aldehydes is 1. The number of aromatic nitrogens is 2. The molecule has 1 atom stereocenters. The molecule has 0 aliphatic heterocycles. The highest BCUT2D eigenvalue weighted by Crippen LogP contribution is 2.18. The Morgan fingerprint density at radius 3 is 3.12 bits per heavy atom. The lowest BCUT2D eigenvalue weighted by Gasteiger charge is -2.09. The van der Waals surface area contributed by atoms with Crippen LogP contribution in [0.1, 0.15) is 17.3 Å². The molecule has 0 spiro atoms. The van der Waals surface area contributed by atoms with Gasteiger partial charge < -0.3 is 9.67 Å². The second kappa shape index (κ2) is 4.45. The van der Waals surface area contributed by atoms with E-state index in [1.54, 1.807) is 12.4 Å². The molecule has 84 valence electrons. The Balaban J connectivity index is 2.49. The van der Waals surface area contributed by atoms with Gasteiger partial charge in [-0.15, -0.1) is 0 Å². The van der Waals surface area contributed by atoms with E-state index in [2.05, 4.69) is 4.98 Å². The fourth-order valence-corrected chi connectivity index (χ4v) is 1.78. The van der Waals surface area contributed by atoms with E-state index in [4.69, 9.17) is 5.11 Å². The fourth-order valence-electron chi connectivity index (χ4n) is 1.78. The van der Waals surface area contributed by atoms with Gasteiger partial charge in [-0.05, 0) is 18.1 Å². The van der Waals surface area contributed by atoms with Crippen molar-refractivity contribution in [3.05, 3.63) is 30.1 Å². The summed E-state index contributed by atoms with van der Waals surface area (Å²) in [5.41, 5.74) is 1.44. The van der Waals surface area contributed by atoms with Crippen LogP contribution in [0.5, 0.6) is 0 Å². The van der Waals surface area contributed by atoms with E-state index >= 15 is 0 Å². The lowest BCUT2D eigenvalue weighted by molar-refractivity contribution is 0.112. The molecule has 0 radical (unpaired) electrons. The number of pyridine rings is 1. The highest BCUT2D eigenvalue weighted by atomic mass is 16.3. The zero-order valence-electron chi connectivity index (χ0n) is 9.13. The molecule has 0 fully saturated rings. The van der Waals surface area contributed by atoms with E-state index in [1.165, 1.54) is 0 Å². The van der Waals surface area contributed by atoms with Crippen LogP contribution in [0.4, 0.5) is 0 Å². The standard InChI is InChI=1S/C12H14N2O2/c1-9(7-15)5-14-6-10(8-16)11-3-2-4-13-12(11)14/h2-4,6,8-9,15H,5,7H2,1H3. The summed E-state index contributed by atoms with van der Waals surface area (Å²) >= 11 is 0. The molecule has 16 heavy (non-hydrogen) atoms. The third-order valence-corrected chi connectivity index (χ3v) is 2.61. The third-order valence-electron chi connectivity index (χ3n) is 2.61. The van der Waals surface area contributed by atoms with E-state index in [1.807, 2.05) is 23.6 Å². The second-order valence-electron chi connectivity index (χ2n) is 4.02. The number of fused-ring (bicyclic) bond motifs is 1. The highest BCUT2D eigenvalue weighted by Gasteiger charge is 2.10. The van der Waals surface area contributed by atoms with Crippen molar-refractivity contribution in [2.45, 2.75) is 13.5 Å². The maximum absolute atomic E-state index is 10.9. The fraction of sp³-hybridized carbons (Fsp3) is 0.333. The predicted molar refractivity (Wildman–Crippen MR) is 61.4 cm³/mol. The molecular formula is C12H14N2O2. The van der Waals surface area contributed by atoms with Crippen molar-refractivity contribution in [2.75, 3.05) is 6.61 Å². The molecule has 4 heteroatoms. The summed E-state index contributed by atoms with van der Waals surface area (Å²) in [5.74, 6) is 0.150. The Kier molecular flexibility index (Phi) is 3.01. The van der Waals surface area contributed by atoms with E-state index in [0.717, 1.165) is 17.3 Å². The molecule has 0 saturated carbocycles. The van der Waals surface area contributed by atoms with Crippen molar-refractivity contribution in [3.63, 3.8) is 0 Å². The van der Waals surface area contributed by atoms with Gasteiger partial charge in [-0.1, -0.05) is 6.92 Å². The van der Waals surface area contributed by atoms with Gasteiger partial charge in [-0.2, -0.15) is 0 Å². The minimum atomic E-state index is 0.128. The van der Waals surface area contributed by atoms with Crippen LogP contribution < -0.4 is 0 Å². The predicted octanol–water partition coefficient (Wildman–Crippen LogP) is 1.48. The van der Waals surface area contributed by atoms with E-state index in [9.17, 15) is 4.79 Å². The Morgan fingerprint density at radius 1 is 1.62 bits per heavy atom. The Labute approximate surface area is 93.5 Å². The van der Waals surface area contributed by atoms with E-state index in [0.29, 0.717) is 12.1 Å².